The molecule has 1 fully saturated rings. The number of rotatable bonds is 4. The summed E-state index contributed by atoms with van der Waals surface area (Å²) in [5.41, 5.74) is -0.648. The molecule has 0 saturated carbocycles. The lowest BCUT2D eigenvalue weighted by Gasteiger charge is -2.30. The molecule has 0 amide bonds. The molecule has 1 unspecified atom stereocenters. The lowest BCUT2D eigenvalue weighted by Crippen LogP contribution is -2.32. The summed E-state index contributed by atoms with van der Waals surface area (Å²) < 4.78 is 44.8. The van der Waals surface area contributed by atoms with Crippen LogP contribution in [0, 0.1) is 5.92 Å². The summed E-state index contributed by atoms with van der Waals surface area (Å²) in [7, 11) is 1.64. The third-order valence-corrected chi connectivity index (χ3v) is 3.66. The molecule has 21 heavy (non-hydrogen) atoms. The first-order valence-electron chi connectivity index (χ1n) is 6.87. The van der Waals surface area contributed by atoms with E-state index in [0.29, 0.717) is 19.4 Å². The first kappa shape index (κ1) is 15.8. The molecule has 0 radical (unpaired) electrons. The molecule has 1 saturated heterocycles. The Bertz CT molecular complexity index is 496. The Hall–Kier alpha value is -1.56. The SMILES string of the molecule is CN(CC1CCCOC1)c1ccc(C=O)cc1C(F)(F)F. The molecule has 1 aromatic rings. The molecule has 1 atom stereocenters. The van der Waals surface area contributed by atoms with Gasteiger partial charge in [-0.25, -0.2) is 0 Å². The fourth-order valence-electron chi connectivity index (χ4n) is 2.62. The maximum atomic E-state index is 13.1. The normalized spacial score (nSPS) is 19.3. The van der Waals surface area contributed by atoms with Gasteiger partial charge in [-0.15, -0.1) is 0 Å². The minimum atomic E-state index is -4.48. The molecule has 0 spiro atoms. The van der Waals surface area contributed by atoms with E-state index in [1.807, 2.05) is 0 Å². The number of halogens is 3. The number of carbonyl (C=O) groups excluding carboxylic acids is 1. The Labute approximate surface area is 121 Å². The predicted octanol–water partition coefficient (Wildman–Crippen LogP) is 3.38. The Morgan fingerprint density at radius 3 is 2.76 bits per heavy atom. The van der Waals surface area contributed by atoms with Crippen molar-refractivity contribution in [2.24, 2.45) is 5.92 Å². The first-order valence-corrected chi connectivity index (χ1v) is 6.87. The van der Waals surface area contributed by atoms with E-state index < -0.39 is 11.7 Å². The number of benzene rings is 1. The lowest BCUT2D eigenvalue weighted by molar-refractivity contribution is -0.137. The highest BCUT2D eigenvalue weighted by molar-refractivity contribution is 5.77. The molecular weight excluding hydrogens is 283 g/mol. The Morgan fingerprint density at radius 1 is 1.43 bits per heavy atom. The number of carbonyl (C=O) groups is 1. The smallest absolute Gasteiger partial charge is 0.381 e. The number of anilines is 1. The van der Waals surface area contributed by atoms with Crippen LogP contribution in [0.1, 0.15) is 28.8 Å². The number of hydrogen-bond donors (Lipinski definition) is 0. The molecule has 0 aliphatic carbocycles. The quantitative estimate of drug-likeness (QED) is 0.799. The van der Waals surface area contributed by atoms with Gasteiger partial charge < -0.3 is 9.64 Å². The summed E-state index contributed by atoms with van der Waals surface area (Å²) >= 11 is 0. The Balaban J connectivity index is 2.22. The highest BCUT2D eigenvalue weighted by atomic mass is 19.4. The topological polar surface area (TPSA) is 29.5 Å². The summed E-state index contributed by atoms with van der Waals surface area (Å²) in [5.74, 6) is 0.232. The van der Waals surface area contributed by atoms with Gasteiger partial charge in [0, 0.05) is 31.5 Å². The molecule has 0 N–H and O–H groups in total. The van der Waals surface area contributed by atoms with Crippen molar-refractivity contribution in [2.75, 3.05) is 31.7 Å². The van der Waals surface area contributed by atoms with E-state index in [4.69, 9.17) is 4.74 Å². The van der Waals surface area contributed by atoms with Gasteiger partial charge in [-0.2, -0.15) is 13.2 Å². The van der Waals surface area contributed by atoms with Crippen molar-refractivity contribution in [1.29, 1.82) is 0 Å². The highest BCUT2D eigenvalue weighted by Gasteiger charge is 2.35. The van der Waals surface area contributed by atoms with E-state index in [1.54, 1.807) is 11.9 Å². The third-order valence-electron chi connectivity index (χ3n) is 3.66. The highest BCUT2D eigenvalue weighted by Crippen LogP contribution is 2.37. The maximum absolute atomic E-state index is 13.1. The van der Waals surface area contributed by atoms with E-state index in [2.05, 4.69) is 0 Å². The zero-order valence-corrected chi connectivity index (χ0v) is 11.8. The van der Waals surface area contributed by atoms with Crippen LogP contribution >= 0.6 is 0 Å². The van der Waals surface area contributed by atoms with Crippen LogP contribution in [0.4, 0.5) is 18.9 Å². The average Bonchev–Trinajstić information content (AvgIpc) is 2.46. The van der Waals surface area contributed by atoms with E-state index in [9.17, 15) is 18.0 Å². The van der Waals surface area contributed by atoms with Crippen molar-refractivity contribution in [3.63, 3.8) is 0 Å². The summed E-state index contributed by atoms with van der Waals surface area (Å²) in [6.45, 7) is 1.81. The number of aldehydes is 1. The zero-order valence-electron chi connectivity index (χ0n) is 11.8. The van der Waals surface area contributed by atoms with Crippen molar-refractivity contribution >= 4 is 12.0 Å². The van der Waals surface area contributed by atoms with Crippen molar-refractivity contribution in [1.82, 2.24) is 0 Å². The Kier molecular flexibility index (Phi) is 4.88. The molecule has 1 aliphatic rings. The number of alkyl halides is 3. The minimum Gasteiger partial charge on any atom is -0.381 e. The van der Waals surface area contributed by atoms with Crippen molar-refractivity contribution < 1.29 is 22.7 Å². The van der Waals surface area contributed by atoms with E-state index in [-0.39, 0.29) is 17.2 Å². The van der Waals surface area contributed by atoms with Crippen molar-refractivity contribution in [3.8, 4) is 0 Å². The molecule has 3 nitrogen and oxygen atoms in total. The van der Waals surface area contributed by atoms with Crippen LogP contribution in [0.2, 0.25) is 0 Å². The van der Waals surface area contributed by atoms with Gasteiger partial charge >= 0.3 is 6.18 Å². The van der Waals surface area contributed by atoms with Crippen LogP contribution in [0.3, 0.4) is 0 Å². The summed E-state index contributed by atoms with van der Waals surface area (Å²) in [4.78, 5) is 12.3. The van der Waals surface area contributed by atoms with Crippen LogP contribution in [0.25, 0.3) is 0 Å². The molecule has 2 rings (SSSR count). The fourth-order valence-corrected chi connectivity index (χ4v) is 2.62. The number of hydrogen-bond acceptors (Lipinski definition) is 3. The van der Waals surface area contributed by atoms with Gasteiger partial charge in [0.05, 0.1) is 12.2 Å². The monoisotopic (exact) mass is 301 g/mol. The van der Waals surface area contributed by atoms with Crippen LogP contribution in [-0.2, 0) is 10.9 Å². The number of nitrogens with zero attached hydrogens (tertiary/aromatic N) is 1. The fraction of sp³-hybridized carbons (Fsp3) is 0.533. The van der Waals surface area contributed by atoms with Crippen molar-refractivity contribution in [3.05, 3.63) is 29.3 Å². The van der Waals surface area contributed by atoms with Gasteiger partial charge in [-0.1, -0.05) is 0 Å². The molecule has 1 aromatic carbocycles. The van der Waals surface area contributed by atoms with Gasteiger partial charge in [0.25, 0.3) is 0 Å². The second kappa shape index (κ2) is 6.47. The summed E-state index contributed by atoms with van der Waals surface area (Å²) in [6, 6.07) is 3.66. The zero-order chi connectivity index (χ0) is 15.5. The summed E-state index contributed by atoms with van der Waals surface area (Å²) in [5, 5.41) is 0. The Morgan fingerprint density at radius 2 is 2.19 bits per heavy atom. The molecule has 116 valence electrons. The molecule has 0 aromatic heterocycles. The lowest BCUT2D eigenvalue weighted by atomic mass is 10.0. The van der Waals surface area contributed by atoms with Gasteiger partial charge in [-0.05, 0) is 37.0 Å². The van der Waals surface area contributed by atoms with E-state index >= 15 is 0 Å². The summed E-state index contributed by atoms with van der Waals surface area (Å²) in [6.07, 6.45) is -2.16. The van der Waals surface area contributed by atoms with E-state index in [1.165, 1.54) is 12.1 Å². The van der Waals surface area contributed by atoms with Gasteiger partial charge in [0.15, 0.2) is 0 Å². The largest absolute Gasteiger partial charge is 0.418 e. The number of ether oxygens (including phenoxy) is 1. The van der Waals surface area contributed by atoms with Gasteiger partial charge in [0.1, 0.15) is 6.29 Å². The van der Waals surface area contributed by atoms with Gasteiger partial charge in [0.2, 0.25) is 0 Å². The molecular formula is C15H18F3NO2. The van der Waals surface area contributed by atoms with Crippen LogP contribution in [-0.4, -0.2) is 33.1 Å². The van der Waals surface area contributed by atoms with Crippen molar-refractivity contribution in [2.45, 2.75) is 19.0 Å². The molecule has 6 heteroatoms. The van der Waals surface area contributed by atoms with Crippen LogP contribution in [0.5, 0.6) is 0 Å². The van der Waals surface area contributed by atoms with Gasteiger partial charge in [-0.3, -0.25) is 4.79 Å². The van der Waals surface area contributed by atoms with E-state index in [0.717, 1.165) is 25.5 Å². The minimum absolute atomic E-state index is 0.0282. The van der Waals surface area contributed by atoms with Crippen LogP contribution < -0.4 is 4.90 Å². The third kappa shape index (κ3) is 3.97. The molecule has 1 aliphatic heterocycles. The first-order chi connectivity index (χ1) is 9.91. The standard InChI is InChI=1S/C15H18F3NO2/c1-19(8-12-3-2-6-21-10-12)14-5-4-11(9-20)7-13(14)15(16,17)18/h4-5,7,9,12H,2-3,6,8,10H2,1H3. The van der Waals surface area contributed by atoms with Crippen LogP contribution in [0.15, 0.2) is 18.2 Å². The molecule has 1 heterocycles. The maximum Gasteiger partial charge on any atom is 0.418 e. The molecule has 0 bridgehead atoms. The average molecular weight is 301 g/mol. The second-order valence-electron chi connectivity index (χ2n) is 5.36. The predicted molar refractivity (Wildman–Crippen MR) is 73.6 cm³/mol. The second-order valence-corrected chi connectivity index (χ2v) is 5.36.